The number of carbonyl (C=O) groups excluding carboxylic acids is 1. The molecule has 2 rings (SSSR count). The molecular weight excluding hydrogens is 226 g/mol. The van der Waals surface area contributed by atoms with Crippen LogP contribution in [0.4, 0.5) is 0 Å². The summed E-state index contributed by atoms with van der Waals surface area (Å²) >= 11 is 0. The Morgan fingerprint density at radius 1 is 1.33 bits per heavy atom. The summed E-state index contributed by atoms with van der Waals surface area (Å²) in [5, 5.41) is 0. The number of hydrogen-bond acceptors (Lipinski definition) is 2. The number of amides is 1. The number of methoxy groups -OCH3 is 1. The second-order valence-corrected chi connectivity index (χ2v) is 5.17. The van der Waals surface area contributed by atoms with Gasteiger partial charge in [0.1, 0.15) is 0 Å². The number of hydrogen-bond donors (Lipinski definition) is 0. The summed E-state index contributed by atoms with van der Waals surface area (Å²) in [6.07, 6.45) is 1.13. The minimum absolute atomic E-state index is 0.116. The van der Waals surface area contributed by atoms with Crippen LogP contribution in [0, 0.1) is 0 Å². The largest absolute Gasteiger partial charge is 0.380 e. The number of benzene rings is 1. The minimum atomic E-state index is 0.116. The third kappa shape index (κ3) is 2.72. The van der Waals surface area contributed by atoms with Crippen LogP contribution in [0.2, 0.25) is 0 Å². The molecule has 18 heavy (non-hydrogen) atoms. The minimum Gasteiger partial charge on any atom is -0.380 e. The Hall–Kier alpha value is -1.35. The van der Waals surface area contributed by atoms with Crippen molar-refractivity contribution < 1.29 is 9.53 Å². The lowest BCUT2D eigenvalue weighted by Gasteiger charge is -2.16. The summed E-state index contributed by atoms with van der Waals surface area (Å²) in [6.45, 7) is 5.81. The zero-order chi connectivity index (χ0) is 13.1. The molecule has 1 atom stereocenters. The lowest BCUT2D eigenvalue weighted by atomic mass is 10.0. The van der Waals surface area contributed by atoms with Crippen molar-refractivity contribution in [3.05, 3.63) is 35.4 Å². The molecule has 0 spiro atoms. The molecular formula is C15H21NO2. The third-order valence-electron chi connectivity index (χ3n) is 3.59. The van der Waals surface area contributed by atoms with E-state index in [2.05, 4.69) is 13.8 Å². The molecule has 1 aromatic carbocycles. The highest BCUT2D eigenvalue weighted by Gasteiger charge is 2.26. The molecule has 0 bridgehead atoms. The first kappa shape index (κ1) is 13.1. The Morgan fingerprint density at radius 3 is 2.50 bits per heavy atom. The van der Waals surface area contributed by atoms with Crippen molar-refractivity contribution in [2.75, 3.05) is 20.2 Å². The van der Waals surface area contributed by atoms with E-state index in [1.807, 2.05) is 29.2 Å². The van der Waals surface area contributed by atoms with Gasteiger partial charge in [-0.15, -0.1) is 0 Å². The summed E-state index contributed by atoms with van der Waals surface area (Å²) < 4.78 is 5.28. The Bertz CT molecular complexity index is 411. The Morgan fingerprint density at radius 2 is 2.00 bits per heavy atom. The molecule has 1 aliphatic heterocycles. The molecule has 1 aromatic rings. The fourth-order valence-electron chi connectivity index (χ4n) is 2.30. The van der Waals surface area contributed by atoms with E-state index >= 15 is 0 Å². The van der Waals surface area contributed by atoms with E-state index in [1.54, 1.807) is 7.11 Å². The molecule has 0 radical (unpaired) electrons. The molecule has 1 amide bonds. The maximum atomic E-state index is 12.3. The van der Waals surface area contributed by atoms with Crippen molar-refractivity contribution in [3.63, 3.8) is 0 Å². The Labute approximate surface area is 109 Å². The van der Waals surface area contributed by atoms with E-state index in [1.165, 1.54) is 5.56 Å². The van der Waals surface area contributed by atoms with Gasteiger partial charge in [0.15, 0.2) is 0 Å². The van der Waals surface area contributed by atoms with E-state index in [0.717, 1.165) is 18.5 Å². The van der Waals surface area contributed by atoms with Crippen LogP contribution in [0.15, 0.2) is 24.3 Å². The predicted molar refractivity (Wildman–Crippen MR) is 71.8 cm³/mol. The van der Waals surface area contributed by atoms with Gasteiger partial charge < -0.3 is 9.64 Å². The standard InChI is InChI=1S/C15H21NO2/c1-11(2)12-4-6-13(7-5-12)15(17)16-9-8-14(10-16)18-3/h4-7,11,14H,8-10H2,1-3H3. The van der Waals surface area contributed by atoms with E-state index < -0.39 is 0 Å². The molecule has 1 fully saturated rings. The molecule has 0 saturated carbocycles. The molecule has 1 saturated heterocycles. The molecule has 1 unspecified atom stereocenters. The highest BCUT2D eigenvalue weighted by Crippen LogP contribution is 2.18. The summed E-state index contributed by atoms with van der Waals surface area (Å²) in [5.41, 5.74) is 2.04. The number of likely N-dealkylation sites (tertiary alicyclic amines) is 1. The second kappa shape index (κ2) is 5.53. The van der Waals surface area contributed by atoms with Crippen molar-refractivity contribution in [1.29, 1.82) is 0 Å². The maximum absolute atomic E-state index is 12.3. The molecule has 3 heteroatoms. The first-order valence-corrected chi connectivity index (χ1v) is 6.54. The average Bonchev–Trinajstić information content (AvgIpc) is 2.86. The SMILES string of the molecule is COC1CCN(C(=O)c2ccc(C(C)C)cc2)C1. The molecule has 0 aromatic heterocycles. The average molecular weight is 247 g/mol. The third-order valence-corrected chi connectivity index (χ3v) is 3.59. The summed E-state index contributed by atoms with van der Waals surface area (Å²) in [7, 11) is 1.70. The molecule has 3 nitrogen and oxygen atoms in total. The number of carbonyl (C=O) groups is 1. The van der Waals surface area contributed by atoms with Crippen molar-refractivity contribution in [2.24, 2.45) is 0 Å². The van der Waals surface area contributed by atoms with Gasteiger partial charge in [0.2, 0.25) is 0 Å². The molecule has 1 heterocycles. The predicted octanol–water partition coefficient (Wildman–Crippen LogP) is 2.67. The van der Waals surface area contributed by atoms with Gasteiger partial charge in [-0.2, -0.15) is 0 Å². The number of ether oxygens (including phenoxy) is 1. The fourth-order valence-corrected chi connectivity index (χ4v) is 2.30. The Kier molecular flexibility index (Phi) is 4.02. The normalized spacial score (nSPS) is 19.6. The zero-order valence-electron chi connectivity index (χ0n) is 11.3. The van der Waals surface area contributed by atoms with Crippen LogP contribution in [-0.4, -0.2) is 37.1 Å². The van der Waals surface area contributed by atoms with Crippen molar-refractivity contribution in [1.82, 2.24) is 4.90 Å². The van der Waals surface area contributed by atoms with Gasteiger partial charge >= 0.3 is 0 Å². The second-order valence-electron chi connectivity index (χ2n) is 5.17. The van der Waals surface area contributed by atoms with Gasteiger partial charge in [0, 0.05) is 25.8 Å². The molecule has 0 N–H and O–H groups in total. The van der Waals surface area contributed by atoms with Crippen LogP contribution in [0.25, 0.3) is 0 Å². The van der Waals surface area contributed by atoms with Gasteiger partial charge in [-0.3, -0.25) is 4.79 Å². The summed E-state index contributed by atoms with van der Waals surface area (Å²) in [5.74, 6) is 0.615. The Balaban J connectivity index is 2.05. The van der Waals surface area contributed by atoms with Crippen molar-refractivity contribution in [2.45, 2.75) is 32.3 Å². The van der Waals surface area contributed by atoms with Gasteiger partial charge in [-0.1, -0.05) is 26.0 Å². The first-order valence-electron chi connectivity index (χ1n) is 6.54. The van der Waals surface area contributed by atoms with Crippen LogP contribution < -0.4 is 0 Å². The first-order chi connectivity index (χ1) is 8.61. The number of nitrogens with zero attached hydrogens (tertiary/aromatic N) is 1. The van der Waals surface area contributed by atoms with Crippen LogP contribution in [0.5, 0.6) is 0 Å². The van der Waals surface area contributed by atoms with E-state index in [9.17, 15) is 4.79 Å². The van der Waals surface area contributed by atoms with Gasteiger partial charge in [-0.05, 0) is 30.0 Å². The summed E-state index contributed by atoms with van der Waals surface area (Å²) in [4.78, 5) is 14.1. The highest BCUT2D eigenvalue weighted by atomic mass is 16.5. The van der Waals surface area contributed by atoms with Crippen molar-refractivity contribution in [3.8, 4) is 0 Å². The monoisotopic (exact) mass is 247 g/mol. The molecule has 0 aliphatic carbocycles. The quantitative estimate of drug-likeness (QED) is 0.822. The molecule has 1 aliphatic rings. The van der Waals surface area contributed by atoms with Crippen LogP contribution in [0.3, 0.4) is 0 Å². The van der Waals surface area contributed by atoms with Gasteiger partial charge in [0.25, 0.3) is 5.91 Å². The lowest BCUT2D eigenvalue weighted by molar-refractivity contribution is 0.0724. The van der Waals surface area contributed by atoms with Crippen LogP contribution in [-0.2, 0) is 4.74 Å². The lowest BCUT2D eigenvalue weighted by Crippen LogP contribution is -2.29. The molecule has 98 valence electrons. The highest BCUT2D eigenvalue weighted by molar-refractivity contribution is 5.94. The fraction of sp³-hybridized carbons (Fsp3) is 0.533. The number of rotatable bonds is 3. The van der Waals surface area contributed by atoms with Crippen molar-refractivity contribution >= 4 is 5.91 Å². The van der Waals surface area contributed by atoms with E-state index in [-0.39, 0.29) is 12.0 Å². The van der Waals surface area contributed by atoms with Gasteiger partial charge in [-0.25, -0.2) is 0 Å². The van der Waals surface area contributed by atoms with E-state index in [4.69, 9.17) is 4.74 Å². The zero-order valence-corrected chi connectivity index (χ0v) is 11.3. The maximum Gasteiger partial charge on any atom is 0.253 e. The van der Waals surface area contributed by atoms with Crippen LogP contribution in [0.1, 0.15) is 42.1 Å². The summed E-state index contributed by atoms with van der Waals surface area (Å²) in [6, 6.07) is 7.94. The topological polar surface area (TPSA) is 29.5 Å². The van der Waals surface area contributed by atoms with Crippen LogP contribution >= 0.6 is 0 Å². The smallest absolute Gasteiger partial charge is 0.253 e. The van der Waals surface area contributed by atoms with Gasteiger partial charge in [0.05, 0.1) is 6.10 Å². The van der Waals surface area contributed by atoms with E-state index in [0.29, 0.717) is 12.5 Å².